The number of hydrogen-bond donors (Lipinski definition) is 3. The van der Waals surface area contributed by atoms with Crippen LogP contribution in [-0.2, 0) is 23.8 Å². The van der Waals surface area contributed by atoms with E-state index in [9.17, 15) is 14.8 Å². The quantitative estimate of drug-likeness (QED) is 0.102. The fourth-order valence-corrected chi connectivity index (χ4v) is 4.23. The van der Waals surface area contributed by atoms with Gasteiger partial charge in [-0.2, -0.15) is 0 Å². The molecule has 1 aromatic rings. The number of hydroxylamine groups is 2. The summed E-state index contributed by atoms with van der Waals surface area (Å²) in [4.78, 5) is 25.5. The summed E-state index contributed by atoms with van der Waals surface area (Å²) >= 11 is 11.5. The number of ether oxygens (including phenoxy) is 3. The molecule has 1 unspecified atom stereocenters. The maximum Gasteiger partial charge on any atom is 0.250 e. The second kappa shape index (κ2) is 18.4. The number of nitrogens with zero attached hydrogens (tertiary/aromatic N) is 1. The highest BCUT2D eigenvalue weighted by Gasteiger charge is 2.33. The molecular weight excluding hydrogens is 518 g/mol. The zero-order valence-corrected chi connectivity index (χ0v) is 23.9. The number of rotatable bonds is 19. The average Bonchev–Trinajstić information content (AvgIpc) is 2.84. The first kappa shape index (κ1) is 33.2. The van der Waals surface area contributed by atoms with Crippen molar-refractivity contribution in [2.75, 3.05) is 46.7 Å². The molecule has 11 heteroatoms. The van der Waals surface area contributed by atoms with Gasteiger partial charge in [-0.15, -0.1) is 0 Å². The summed E-state index contributed by atoms with van der Waals surface area (Å²) in [6.07, 6.45) is 0.594. The highest BCUT2D eigenvalue weighted by Crippen LogP contribution is 2.28. The summed E-state index contributed by atoms with van der Waals surface area (Å²) in [5.41, 5.74) is 6.41. The molecule has 3 atom stereocenters. The molecule has 210 valence electrons. The normalized spacial score (nSPS) is 13.7. The summed E-state index contributed by atoms with van der Waals surface area (Å²) in [5, 5.41) is 15.3. The Balaban J connectivity index is 2.76. The smallest absolute Gasteiger partial charge is 0.250 e. The van der Waals surface area contributed by atoms with E-state index < -0.39 is 23.8 Å². The van der Waals surface area contributed by atoms with Gasteiger partial charge >= 0.3 is 0 Å². The lowest BCUT2D eigenvalue weighted by atomic mass is 9.87. The lowest BCUT2D eigenvalue weighted by Gasteiger charge is -2.31. The molecule has 0 aliphatic carbocycles. The molecule has 0 aliphatic rings. The van der Waals surface area contributed by atoms with Crippen LogP contribution in [0.3, 0.4) is 0 Å². The van der Waals surface area contributed by atoms with E-state index in [0.717, 1.165) is 5.56 Å². The fraction of sp³-hybridized carbons (Fsp3) is 0.654. The molecule has 0 radical (unpaired) electrons. The molecule has 1 rings (SSSR count). The minimum atomic E-state index is -0.799. The first-order chi connectivity index (χ1) is 17.6. The minimum Gasteiger partial charge on any atom is -0.382 e. The van der Waals surface area contributed by atoms with Crippen LogP contribution in [0.5, 0.6) is 0 Å². The molecule has 1 aromatic carbocycles. The number of thiocarbonyl (C=S) groups is 1. The van der Waals surface area contributed by atoms with Crippen LogP contribution in [0.4, 0.5) is 0 Å². The van der Waals surface area contributed by atoms with Gasteiger partial charge in [0.1, 0.15) is 11.0 Å². The Morgan fingerprint density at radius 3 is 2.22 bits per heavy atom. The summed E-state index contributed by atoms with van der Waals surface area (Å²) in [5.74, 6) is -1.91. The monoisotopic (exact) mass is 559 g/mol. The standard InChI is InChI=1S/C26H42ClN3O6S/c1-18(2)15-23(25(37)29-9-10-35-13-14-36-12-11-34-4)30(33)26(32)21(17-24(28)31)16-19(3)20-5-7-22(27)8-6-20/h5-8,18-19,21,23,33H,9-17H2,1-4H3,(H2,28,31)(H,29,37)/t19-,21?,23+/m1/s1. The van der Waals surface area contributed by atoms with Crippen LogP contribution in [0.1, 0.15) is 51.5 Å². The predicted octanol–water partition coefficient (Wildman–Crippen LogP) is 3.55. The first-order valence-corrected chi connectivity index (χ1v) is 13.3. The van der Waals surface area contributed by atoms with Crippen LogP contribution >= 0.6 is 23.8 Å². The first-order valence-electron chi connectivity index (χ1n) is 12.5. The van der Waals surface area contributed by atoms with E-state index in [1.165, 1.54) is 0 Å². The van der Waals surface area contributed by atoms with Crippen molar-refractivity contribution >= 4 is 40.6 Å². The van der Waals surface area contributed by atoms with Crippen LogP contribution < -0.4 is 11.1 Å². The van der Waals surface area contributed by atoms with Crippen LogP contribution in [0.15, 0.2) is 24.3 Å². The molecule has 0 spiro atoms. The van der Waals surface area contributed by atoms with Crippen molar-refractivity contribution in [3.05, 3.63) is 34.9 Å². The molecule has 0 aliphatic heterocycles. The SMILES string of the molecule is COCCOCCOCCNC(=S)[C@H](CC(C)C)N(O)C(=O)C(CC(N)=O)C[C@@H](C)c1ccc(Cl)cc1. The number of nitrogens with one attached hydrogen (secondary N) is 1. The van der Waals surface area contributed by atoms with Gasteiger partial charge in [0, 0.05) is 31.0 Å². The van der Waals surface area contributed by atoms with Crippen LogP contribution in [0.25, 0.3) is 0 Å². The van der Waals surface area contributed by atoms with Crippen molar-refractivity contribution in [1.82, 2.24) is 10.4 Å². The van der Waals surface area contributed by atoms with E-state index in [-0.39, 0.29) is 18.3 Å². The maximum atomic E-state index is 13.4. The summed E-state index contributed by atoms with van der Waals surface area (Å²) < 4.78 is 15.8. The Morgan fingerprint density at radius 2 is 1.65 bits per heavy atom. The van der Waals surface area contributed by atoms with Gasteiger partial charge in [-0.1, -0.05) is 56.7 Å². The molecule has 9 nitrogen and oxygen atoms in total. The fourth-order valence-electron chi connectivity index (χ4n) is 3.80. The predicted molar refractivity (Wildman–Crippen MR) is 148 cm³/mol. The number of amides is 2. The van der Waals surface area contributed by atoms with Gasteiger partial charge < -0.3 is 25.3 Å². The molecule has 0 saturated heterocycles. The molecule has 37 heavy (non-hydrogen) atoms. The van der Waals surface area contributed by atoms with Crippen molar-refractivity contribution in [2.45, 2.75) is 52.0 Å². The Kier molecular flexibility index (Phi) is 16.5. The van der Waals surface area contributed by atoms with Crippen LogP contribution in [-0.4, -0.2) is 79.8 Å². The number of methoxy groups -OCH3 is 1. The van der Waals surface area contributed by atoms with E-state index in [0.29, 0.717) is 67.5 Å². The van der Waals surface area contributed by atoms with Gasteiger partial charge in [0.05, 0.1) is 33.0 Å². The Morgan fingerprint density at radius 1 is 1.05 bits per heavy atom. The third-order valence-electron chi connectivity index (χ3n) is 5.74. The average molecular weight is 560 g/mol. The molecule has 0 bridgehead atoms. The Hall–Kier alpha value is -1.82. The van der Waals surface area contributed by atoms with Crippen molar-refractivity contribution in [1.29, 1.82) is 0 Å². The zero-order valence-electron chi connectivity index (χ0n) is 22.3. The Bertz CT molecular complexity index is 827. The molecule has 2 amide bonds. The molecular formula is C26H42ClN3O6S. The summed E-state index contributed by atoms with van der Waals surface area (Å²) in [6.45, 7) is 8.62. The second-order valence-corrected chi connectivity index (χ2v) is 10.3. The zero-order chi connectivity index (χ0) is 27.8. The van der Waals surface area contributed by atoms with Gasteiger partial charge in [0.25, 0.3) is 0 Å². The summed E-state index contributed by atoms with van der Waals surface area (Å²) in [7, 11) is 1.61. The van der Waals surface area contributed by atoms with Gasteiger partial charge in [0.15, 0.2) is 0 Å². The molecule has 0 aromatic heterocycles. The number of halogens is 1. The van der Waals surface area contributed by atoms with E-state index in [4.69, 9.17) is 43.8 Å². The molecule has 0 saturated carbocycles. The van der Waals surface area contributed by atoms with Crippen LogP contribution in [0, 0.1) is 11.8 Å². The lowest BCUT2D eigenvalue weighted by Crippen LogP contribution is -2.50. The second-order valence-electron chi connectivity index (χ2n) is 9.39. The highest BCUT2D eigenvalue weighted by atomic mass is 35.5. The van der Waals surface area contributed by atoms with E-state index in [1.54, 1.807) is 19.2 Å². The number of nitrogens with two attached hydrogens (primary N) is 1. The maximum absolute atomic E-state index is 13.4. The van der Waals surface area contributed by atoms with E-state index >= 15 is 0 Å². The molecule has 0 heterocycles. The number of carbonyl (C=O) groups excluding carboxylic acids is 2. The van der Waals surface area contributed by atoms with Gasteiger partial charge in [-0.25, -0.2) is 5.06 Å². The van der Waals surface area contributed by atoms with Crippen LogP contribution in [0.2, 0.25) is 5.02 Å². The summed E-state index contributed by atoms with van der Waals surface area (Å²) in [6, 6.07) is 6.56. The number of benzene rings is 1. The van der Waals surface area contributed by atoms with E-state index in [1.807, 2.05) is 32.9 Å². The van der Waals surface area contributed by atoms with Gasteiger partial charge in [-0.3, -0.25) is 14.8 Å². The molecule has 4 N–H and O–H groups in total. The minimum absolute atomic E-state index is 0.0665. The highest BCUT2D eigenvalue weighted by molar-refractivity contribution is 7.80. The third kappa shape index (κ3) is 13.5. The van der Waals surface area contributed by atoms with Crippen molar-refractivity contribution < 1.29 is 29.0 Å². The number of carbonyl (C=O) groups is 2. The van der Waals surface area contributed by atoms with Crippen molar-refractivity contribution in [2.24, 2.45) is 17.6 Å². The van der Waals surface area contributed by atoms with E-state index in [2.05, 4.69) is 5.32 Å². The van der Waals surface area contributed by atoms with Crippen molar-refractivity contribution in [3.8, 4) is 0 Å². The van der Waals surface area contributed by atoms with Crippen molar-refractivity contribution in [3.63, 3.8) is 0 Å². The van der Waals surface area contributed by atoms with Gasteiger partial charge in [-0.05, 0) is 42.4 Å². The lowest BCUT2D eigenvalue weighted by molar-refractivity contribution is -0.177. The largest absolute Gasteiger partial charge is 0.382 e. The number of hydrogen-bond acceptors (Lipinski definition) is 7. The number of primary amides is 1. The Labute approximate surface area is 230 Å². The topological polar surface area (TPSA) is 123 Å². The van der Waals surface area contributed by atoms with Gasteiger partial charge in [0.2, 0.25) is 11.8 Å². The third-order valence-corrected chi connectivity index (χ3v) is 6.41. The molecule has 0 fully saturated rings.